The fraction of sp³-hybridized carbons (Fsp3) is 0.464. The SMILES string of the molecule is CCOC(=O)[C@@H]1CCCN(CC(=O)N2N=C(c3ccc(C)cc3C)C[C@H]2c2ccc(C)cc2)C1. The lowest BCUT2D eigenvalue weighted by molar-refractivity contribution is -0.150. The Labute approximate surface area is 202 Å². The van der Waals surface area contributed by atoms with Gasteiger partial charge in [-0.25, -0.2) is 5.01 Å². The van der Waals surface area contributed by atoms with E-state index in [-0.39, 0.29) is 30.4 Å². The molecule has 6 nitrogen and oxygen atoms in total. The van der Waals surface area contributed by atoms with Crippen molar-refractivity contribution < 1.29 is 14.3 Å². The van der Waals surface area contributed by atoms with Crippen LogP contribution in [0.2, 0.25) is 0 Å². The lowest BCUT2D eigenvalue weighted by atomic mass is 9.95. The predicted molar refractivity (Wildman–Crippen MR) is 134 cm³/mol. The average Bonchev–Trinajstić information content (AvgIpc) is 3.25. The number of hydrazone groups is 1. The van der Waals surface area contributed by atoms with Gasteiger partial charge in [-0.05, 0) is 58.2 Å². The largest absolute Gasteiger partial charge is 0.466 e. The summed E-state index contributed by atoms with van der Waals surface area (Å²) in [5, 5.41) is 6.53. The van der Waals surface area contributed by atoms with E-state index in [1.807, 2.05) is 6.92 Å². The second kappa shape index (κ2) is 10.5. The van der Waals surface area contributed by atoms with E-state index < -0.39 is 0 Å². The van der Waals surface area contributed by atoms with Crippen molar-refractivity contribution in [1.82, 2.24) is 9.91 Å². The van der Waals surface area contributed by atoms with Gasteiger partial charge in [0.25, 0.3) is 5.91 Å². The molecule has 4 rings (SSSR count). The van der Waals surface area contributed by atoms with Crippen LogP contribution in [-0.2, 0) is 14.3 Å². The fourth-order valence-electron chi connectivity index (χ4n) is 5.00. The van der Waals surface area contributed by atoms with Crippen LogP contribution in [0.5, 0.6) is 0 Å². The minimum atomic E-state index is -0.165. The number of carbonyl (C=O) groups excluding carboxylic acids is 2. The van der Waals surface area contributed by atoms with Crippen LogP contribution in [0.1, 0.15) is 60.0 Å². The normalized spacial score (nSPS) is 20.8. The van der Waals surface area contributed by atoms with E-state index in [1.54, 1.807) is 5.01 Å². The molecule has 0 aliphatic carbocycles. The maximum Gasteiger partial charge on any atom is 0.310 e. The van der Waals surface area contributed by atoms with Crippen molar-refractivity contribution in [2.24, 2.45) is 11.0 Å². The maximum absolute atomic E-state index is 13.5. The van der Waals surface area contributed by atoms with Gasteiger partial charge in [0.15, 0.2) is 0 Å². The monoisotopic (exact) mass is 461 g/mol. The Morgan fingerprint density at radius 3 is 2.50 bits per heavy atom. The summed E-state index contributed by atoms with van der Waals surface area (Å²) < 4.78 is 5.22. The number of hydrogen-bond donors (Lipinski definition) is 0. The average molecular weight is 462 g/mol. The van der Waals surface area contributed by atoms with Crippen molar-refractivity contribution in [2.75, 3.05) is 26.2 Å². The van der Waals surface area contributed by atoms with Crippen molar-refractivity contribution >= 4 is 17.6 Å². The standard InChI is InChI=1S/C28H35N3O3/c1-5-34-28(33)23-7-6-14-30(17-23)18-27(32)31-26(22-11-8-19(2)9-12-22)16-25(29-31)24-13-10-20(3)15-21(24)4/h8-13,15,23,26H,5-7,14,16-18H2,1-4H3/t23-,26+/m1/s1. The van der Waals surface area contributed by atoms with Crippen LogP contribution in [0, 0.1) is 26.7 Å². The first-order valence-corrected chi connectivity index (χ1v) is 12.3. The second-order valence-corrected chi connectivity index (χ2v) is 9.56. The van der Waals surface area contributed by atoms with Gasteiger partial charge in [0.05, 0.1) is 30.8 Å². The van der Waals surface area contributed by atoms with Gasteiger partial charge in [-0.15, -0.1) is 0 Å². The molecular formula is C28H35N3O3. The van der Waals surface area contributed by atoms with E-state index >= 15 is 0 Å². The zero-order chi connectivity index (χ0) is 24.2. The zero-order valence-corrected chi connectivity index (χ0v) is 20.7. The molecule has 1 fully saturated rings. The number of aryl methyl sites for hydroxylation is 3. The molecule has 0 bridgehead atoms. The molecule has 2 heterocycles. The molecule has 2 aliphatic heterocycles. The molecule has 0 spiro atoms. The minimum absolute atomic E-state index is 0.0325. The van der Waals surface area contributed by atoms with Crippen LogP contribution in [0.15, 0.2) is 47.6 Å². The summed E-state index contributed by atoms with van der Waals surface area (Å²) in [6.07, 6.45) is 2.38. The summed E-state index contributed by atoms with van der Waals surface area (Å²) in [4.78, 5) is 27.9. The lowest BCUT2D eigenvalue weighted by Gasteiger charge is -2.32. The molecule has 0 unspecified atom stereocenters. The van der Waals surface area contributed by atoms with Gasteiger partial charge in [0.1, 0.15) is 0 Å². The zero-order valence-electron chi connectivity index (χ0n) is 20.7. The number of carbonyl (C=O) groups is 2. The first kappa shape index (κ1) is 24.1. The van der Waals surface area contributed by atoms with Gasteiger partial charge in [0, 0.05) is 18.5 Å². The quantitative estimate of drug-likeness (QED) is 0.592. The van der Waals surface area contributed by atoms with E-state index in [1.165, 1.54) is 16.7 Å². The number of ether oxygens (including phenoxy) is 1. The minimum Gasteiger partial charge on any atom is -0.466 e. The number of nitrogens with zero attached hydrogens (tertiary/aromatic N) is 3. The number of rotatable bonds is 6. The molecular weight excluding hydrogens is 426 g/mol. The lowest BCUT2D eigenvalue weighted by Crippen LogP contribution is -2.44. The number of esters is 1. The van der Waals surface area contributed by atoms with Crippen LogP contribution in [0.4, 0.5) is 0 Å². The number of hydrogen-bond acceptors (Lipinski definition) is 5. The summed E-state index contributed by atoms with van der Waals surface area (Å²) in [6, 6.07) is 14.6. The molecule has 180 valence electrons. The van der Waals surface area contributed by atoms with Crippen molar-refractivity contribution in [3.63, 3.8) is 0 Å². The van der Waals surface area contributed by atoms with Gasteiger partial charge in [-0.3, -0.25) is 14.5 Å². The molecule has 34 heavy (non-hydrogen) atoms. The number of amides is 1. The maximum atomic E-state index is 13.5. The third-order valence-corrected chi connectivity index (χ3v) is 6.81. The summed E-state index contributed by atoms with van der Waals surface area (Å²) in [7, 11) is 0. The summed E-state index contributed by atoms with van der Waals surface area (Å²) in [5.74, 6) is -0.356. The van der Waals surface area contributed by atoms with Crippen LogP contribution in [-0.4, -0.2) is 53.7 Å². The van der Waals surface area contributed by atoms with Crippen LogP contribution in [0.25, 0.3) is 0 Å². The molecule has 0 saturated carbocycles. The molecule has 2 aliphatic rings. The highest BCUT2D eigenvalue weighted by molar-refractivity contribution is 6.04. The summed E-state index contributed by atoms with van der Waals surface area (Å²) in [6.45, 7) is 10.1. The molecule has 0 radical (unpaired) electrons. The topological polar surface area (TPSA) is 62.2 Å². The summed E-state index contributed by atoms with van der Waals surface area (Å²) >= 11 is 0. The van der Waals surface area contributed by atoms with Gasteiger partial charge in [0.2, 0.25) is 0 Å². The van der Waals surface area contributed by atoms with E-state index in [9.17, 15) is 9.59 Å². The van der Waals surface area contributed by atoms with Crippen LogP contribution in [0.3, 0.4) is 0 Å². The first-order chi connectivity index (χ1) is 16.4. The second-order valence-electron chi connectivity index (χ2n) is 9.56. The number of likely N-dealkylation sites (tertiary alicyclic amines) is 1. The van der Waals surface area contributed by atoms with Crippen molar-refractivity contribution in [3.8, 4) is 0 Å². The third-order valence-electron chi connectivity index (χ3n) is 6.81. The van der Waals surface area contributed by atoms with Gasteiger partial charge >= 0.3 is 5.97 Å². The van der Waals surface area contributed by atoms with E-state index in [0.29, 0.717) is 19.6 Å². The Hall–Kier alpha value is -2.99. The Balaban J connectivity index is 1.56. The molecule has 2 aromatic rings. The first-order valence-electron chi connectivity index (χ1n) is 12.3. The fourth-order valence-corrected chi connectivity index (χ4v) is 5.00. The highest BCUT2D eigenvalue weighted by Crippen LogP contribution is 2.34. The van der Waals surface area contributed by atoms with E-state index in [2.05, 4.69) is 68.1 Å². The van der Waals surface area contributed by atoms with Crippen molar-refractivity contribution in [1.29, 1.82) is 0 Å². The molecule has 2 aromatic carbocycles. The summed E-state index contributed by atoms with van der Waals surface area (Å²) in [5.41, 5.74) is 6.70. The van der Waals surface area contributed by atoms with E-state index in [0.717, 1.165) is 36.2 Å². The van der Waals surface area contributed by atoms with Crippen molar-refractivity contribution in [2.45, 2.75) is 53.0 Å². The molecule has 0 N–H and O–H groups in total. The van der Waals surface area contributed by atoms with Crippen LogP contribution >= 0.6 is 0 Å². The van der Waals surface area contributed by atoms with Gasteiger partial charge < -0.3 is 4.74 Å². The molecule has 6 heteroatoms. The molecule has 1 saturated heterocycles. The highest BCUT2D eigenvalue weighted by Gasteiger charge is 2.35. The molecule has 0 aromatic heterocycles. The van der Waals surface area contributed by atoms with E-state index in [4.69, 9.17) is 9.84 Å². The van der Waals surface area contributed by atoms with Gasteiger partial charge in [-0.1, -0.05) is 53.6 Å². The Morgan fingerprint density at radius 2 is 1.79 bits per heavy atom. The number of piperidine rings is 1. The molecule has 2 atom stereocenters. The van der Waals surface area contributed by atoms with Gasteiger partial charge in [-0.2, -0.15) is 5.10 Å². The highest BCUT2D eigenvalue weighted by atomic mass is 16.5. The third kappa shape index (κ3) is 5.39. The Bertz CT molecular complexity index is 1080. The number of benzene rings is 2. The Morgan fingerprint density at radius 1 is 1.06 bits per heavy atom. The molecule has 1 amide bonds. The Kier molecular flexibility index (Phi) is 7.47. The van der Waals surface area contributed by atoms with Crippen molar-refractivity contribution in [3.05, 3.63) is 70.3 Å². The van der Waals surface area contributed by atoms with Crippen LogP contribution < -0.4 is 0 Å². The smallest absolute Gasteiger partial charge is 0.310 e. The predicted octanol–water partition coefficient (Wildman–Crippen LogP) is 4.56.